The van der Waals surface area contributed by atoms with Gasteiger partial charge >= 0.3 is 11.9 Å². The molecule has 22 heavy (non-hydrogen) atoms. The van der Waals surface area contributed by atoms with Gasteiger partial charge in [-0.25, -0.2) is 4.79 Å². The van der Waals surface area contributed by atoms with Crippen LogP contribution in [0.1, 0.15) is 31.1 Å². The van der Waals surface area contributed by atoms with Crippen LogP contribution in [0.4, 0.5) is 0 Å². The van der Waals surface area contributed by atoms with Gasteiger partial charge in [0.1, 0.15) is 11.8 Å². The van der Waals surface area contributed by atoms with Crippen LogP contribution in [-0.2, 0) is 14.3 Å². The number of hydrogen-bond donors (Lipinski definition) is 1. The number of benzene rings is 1. The summed E-state index contributed by atoms with van der Waals surface area (Å²) in [7, 11) is 1.24. The van der Waals surface area contributed by atoms with Crippen molar-refractivity contribution in [1.29, 1.82) is 0 Å². The molecule has 0 aliphatic rings. The molecule has 0 aromatic heterocycles. The molecule has 0 aliphatic heterocycles. The molecule has 0 saturated carbocycles. The van der Waals surface area contributed by atoms with Gasteiger partial charge < -0.3 is 14.8 Å². The van der Waals surface area contributed by atoms with Crippen molar-refractivity contribution in [3.8, 4) is 5.75 Å². The Bertz CT molecular complexity index is 585. The van der Waals surface area contributed by atoms with E-state index in [1.54, 1.807) is 13.8 Å². The van der Waals surface area contributed by atoms with E-state index in [0.717, 1.165) is 0 Å². The number of carbonyl (C=O) groups excluding carboxylic acids is 3. The molecule has 1 N–H and O–H groups in total. The standard InChI is InChI=1S/C15H18ClNO5/c1-8(2)13(15(20)21-4)17-14(19)11-7-10(16)5-6-12(11)22-9(3)18/h5-8,13H,1-4H3,(H,17,19)/t13-/m0/s1. The molecule has 1 atom stereocenters. The van der Waals surface area contributed by atoms with Crippen LogP contribution < -0.4 is 10.1 Å². The number of nitrogens with one attached hydrogen (secondary N) is 1. The van der Waals surface area contributed by atoms with Crippen LogP contribution in [0.25, 0.3) is 0 Å². The molecule has 0 heterocycles. The van der Waals surface area contributed by atoms with Gasteiger partial charge in [0, 0.05) is 11.9 Å². The number of ether oxygens (including phenoxy) is 2. The van der Waals surface area contributed by atoms with Gasteiger partial charge in [-0.05, 0) is 24.1 Å². The number of carbonyl (C=O) groups is 3. The molecule has 0 bridgehead atoms. The number of rotatable bonds is 5. The Morgan fingerprint density at radius 1 is 1.23 bits per heavy atom. The summed E-state index contributed by atoms with van der Waals surface area (Å²) in [4.78, 5) is 35.2. The second kappa shape index (κ2) is 7.79. The van der Waals surface area contributed by atoms with Gasteiger partial charge in [0.15, 0.2) is 0 Å². The fourth-order valence-electron chi connectivity index (χ4n) is 1.77. The number of amides is 1. The maximum atomic E-state index is 12.4. The highest BCUT2D eigenvalue weighted by atomic mass is 35.5. The Morgan fingerprint density at radius 3 is 2.36 bits per heavy atom. The van der Waals surface area contributed by atoms with Crippen LogP contribution in [-0.4, -0.2) is 31.0 Å². The molecule has 0 unspecified atom stereocenters. The molecule has 1 aromatic carbocycles. The second-order valence-corrected chi connectivity index (χ2v) is 5.39. The van der Waals surface area contributed by atoms with Crippen molar-refractivity contribution in [3.63, 3.8) is 0 Å². The van der Waals surface area contributed by atoms with E-state index in [1.807, 2.05) is 0 Å². The third-order valence-corrected chi connectivity index (χ3v) is 3.08. The predicted octanol–water partition coefficient (Wildman–Crippen LogP) is 2.19. The van der Waals surface area contributed by atoms with E-state index < -0.39 is 23.9 Å². The number of hydrogen-bond acceptors (Lipinski definition) is 5. The Hall–Kier alpha value is -2.08. The Morgan fingerprint density at radius 2 is 1.86 bits per heavy atom. The molecule has 0 aliphatic carbocycles. The van der Waals surface area contributed by atoms with E-state index in [0.29, 0.717) is 5.02 Å². The Labute approximate surface area is 133 Å². The summed E-state index contributed by atoms with van der Waals surface area (Å²) >= 11 is 5.87. The van der Waals surface area contributed by atoms with Crippen LogP contribution in [0.5, 0.6) is 5.75 Å². The molecule has 0 fully saturated rings. The molecular formula is C15H18ClNO5. The van der Waals surface area contributed by atoms with Crippen molar-refractivity contribution in [1.82, 2.24) is 5.32 Å². The number of halogens is 1. The number of methoxy groups -OCH3 is 1. The van der Waals surface area contributed by atoms with E-state index in [1.165, 1.54) is 32.2 Å². The molecule has 0 saturated heterocycles. The molecule has 0 radical (unpaired) electrons. The monoisotopic (exact) mass is 327 g/mol. The van der Waals surface area contributed by atoms with Gasteiger partial charge in [0.05, 0.1) is 12.7 Å². The first-order chi connectivity index (χ1) is 10.3. The summed E-state index contributed by atoms with van der Waals surface area (Å²) in [6.45, 7) is 4.77. The van der Waals surface area contributed by atoms with E-state index >= 15 is 0 Å². The van der Waals surface area contributed by atoms with Crippen molar-refractivity contribution in [2.45, 2.75) is 26.8 Å². The lowest BCUT2D eigenvalue weighted by Crippen LogP contribution is -2.45. The van der Waals surface area contributed by atoms with Crippen molar-refractivity contribution >= 4 is 29.4 Å². The SMILES string of the molecule is COC(=O)[C@@H](NC(=O)c1cc(Cl)ccc1OC(C)=O)C(C)C. The zero-order valence-corrected chi connectivity index (χ0v) is 13.6. The topological polar surface area (TPSA) is 81.7 Å². The molecule has 120 valence electrons. The number of esters is 2. The van der Waals surface area contributed by atoms with Crippen LogP contribution in [0, 0.1) is 5.92 Å². The highest BCUT2D eigenvalue weighted by Gasteiger charge is 2.26. The fourth-order valence-corrected chi connectivity index (χ4v) is 1.94. The molecule has 1 rings (SSSR count). The molecule has 1 amide bonds. The van der Waals surface area contributed by atoms with Gasteiger partial charge in [-0.15, -0.1) is 0 Å². The Kier molecular flexibility index (Phi) is 6.37. The third kappa shape index (κ3) is 4.73. The fraction of sp³-hybridized carbons (Fsp3) is 0.400. The second-order valence-electron chi connectivity index (χ2n) is 4.95. The van der Waals surface area contributed by atoms with E-state index in [4.69, 9.17) is 16.3 Å². The first kappa shape index (κ1) is 18.0. The minimum atomic E-state index is -0.818. The van der Waals surface area contributed by atoms with E-state index in [-0.39, 0.29) is 17.2 Å². The van der Waals surface area contributed by atoms with E-state index in [2.05, 4.69) is 10.1 Å². The minimum absolute atomic E-state index is 0.0669. The van der Waals surface area contributed by atoms with Gasteiger partial charge in [0.25, 0.3) is 5.91 Å². The van der Waals surface area contributed by atoms with Crippen LogP contribution in [0.15, 0.2) is 18.2 Å². The molecule has 7 heteroatoms. The lowest BCUT2D eigenvalue weighted by atomic mass is 10.0. The molecule has 1 aromatic rings. The summed E-state index contributed by atoms with van der Waals surface area (Å²) in [6.07, 6.45) is 0. The first-order valence-corrected chi connectivity index (χ1v) is 7.00. The Balaban J connectivity index is 3.08. The third-order valence-electron chi connectivity index (χ3n) is 2.85. The van der Waals surface area contributed by atoms with Crippen LogP contribution in [0.3, 0.4) is 0 Å². The summed E-state index contributed by atoms with van der Waals surface area (Å²) in [6, 6.07) is 3.46. The van der Waals surface area contributed by atoms with Crippen molar-refractivity contribution in [2.75, 3.05) is 7.11 Å². The minimum Gasteiger partial charge on any atom is -0.467 e. The lowest BCUT2D eigenvalue weighted by Gasteiger charge is -2.20. The van der Waals surface area contributed by atoms with E-state index in [9.17, 15) is 14.4 Å². The largest absolute Gasteiger partial charge is 0.467 e. The summed E-state index contributed by atoms with van der Waals surface area (Å²) in [5, 5.41) is 2.87. The summed E-state index contributed by atoms with van der Waals surface area (Å²) in [5.74, 6) is -1.80. The lowest BCUT2D eigenvalue weighted by molar-refractivity contribution is -0.144. The maximum Gasteiger partial charge on any atom is 0.328 e. The smallest absolute Gasteiger partial charge is 0.328 e. The van der Waals surface area contributed by atoms with Gasteiger partial charge in [-0.1, -0.05) is 25.4 Å². The maximum absolute atomic E-state index is 12.4. The molecule has 0 spiro atoms. The van der Waals surface area contributed by atoms with Crippen molar-refractivity contribution in [3.05, 3.63) is 28.8 Å². The van der Waals surface area contributed by atoms with Crippen molar-refractivity contribution in [2.24, 2.45) is 5.92 Å². The average molecular weight is 328 g/mol. The average Bonchev–Trinajstić information content (AvgIpc) is 2.44. The van der Waals surface area contributed by atoms with Crippen LogP contribution >= 0.6 is 11.6 Å². The van der Waals surface area contributed by atoms with Crippen molar-refractivity contribution < 1.29 is 23.9 Å². The normalized spacial score (nSPS) is 11.7. The van der Waals surface area contributed by atoms with Crippen LogP contribution in [0.2, 0.25) is 5.02 Å². The molecule has 6 nitrogen and oxygen atoms in total. The zero-order chi connectivity index (χ0) is 16.9. The van der Waals surface area contributed by atoms with Gasteiger partial charge in [0.2, 0.25) is 0 Å². The highest BCUT2D eigenvalue weighted by Crippen LogP contribution is 2.23. The summed E-state index contributed by atoms with van der Waals surface area (Å²) < 4.78 is 9.64. The first-order valence-electron chi connectivity index (χ1n) is 6.63. The molecular weight excluding hydrogens is 310 g/mol. The van der Waals surface area contributed by atoms with Gasteiger partial charge in [-0.2, -0.15) is 0 Å². The summed E-state index contributed by atoms with van der Waals surface area (Å²) in [5.41, 5.74) is 0.0669. The van der Waals surface area contributed by atoms with Gasteiger partial charge in [-0.3, -0.25) is 9.59 Å². The zero-order valence-electron chi connectivity index (χ0n) is 12.8. The highest BCUT2D eigenvalue weighted by molar-refractivity contribution is 6.31. The quantitative estimate of drug-likeness (QED) is 0.662. The predicted molar refractivity (Wildman–Crippen MR) is 80.9 cm³/mol.